The van der Waals surface area contributed by atoms with E-state index in [1.807, 2.05) is 0 Å². The van der Waals surface area contributed by atoms with E-state index in [1.165, 1.54) is 6.92 Å². The van der Waals surface area contributed by atoms with Crippen molar-refractivity contribution in [3.63, 3.8) is 0 Å². The molecule has 0 aromatic carbocycles. The first-order chi connectivity index (χ1) is 6.21. The molecular formula is C7H10F6O. The number of rotatable bonds is 6. The highest BCUT2D eigenvalue weighted by Gasteiger charge is 2.44. The van der Waals surface area contributed by atoms with Crippen LogP contribution in [0.3, 0.4) is 0 Å². The predicted molar refractivity (Wildman–Crippen MR) is 36.8 cm³/mol. The van der Waals surface area contributed by atoms with E-state index in [0.29, 0.717) is 0 Å². The Kier molecular flexibility index (Phi) is 4.70. The Hall–Kier alpha value is -0.460. The van der Waals surface area contributed by atoms with Crippen LogP contribution in [0.25, 0.3) is 0 Å². The molecule has 14 heavy (non-hydrogen) atoms. The second-order valence-electron chi connectivity index (χ2n) is 2.74. The van der Waals surface area contributed by atoms with Gasteiger partial charge in [-0.2, -0.15) is 17.6 Å². The molecule has 7 heteroatoms. The van der Waals surface area contributed by atoms with Crippen LogP contribution in [-0.4, -0.2) is 25.1 Å². The second-order valence-corrected chi connectivity index (χ2v) is 2.74. The summed E-state index contributed by atoms with van der Waals surface area (Å²) >= 11 is 0. The van der Waals surface area contributed by atoms with E-state index < -0.39 is 31.5 Å². The fourth-order valence-corrected chi connectivity index (χ4v) is 0.628. The van der Waals surface area contributed by atoms with Crippen molar-refractivity contribution >= 4 is 0 Å². The molecule has 0 rings (SSSR count). The number of hydrogen-bond donors (Lipinski definition) is 0. The molecule has 0 aliphatic carbocycles. The molecule has 0 radical (unpaired) electrons. The zero-order valence-corrected chi connectivity index (χ0v) is 7.37. The number of halogens is 6. The van der Waals surface area contributed by atoms with Crippen molar-refractivity contribution in [3.05, 3.63) is 0 Å². The van der Waals surface area contributed by atoms with E-state index >= 15 is 0 Å². The van der Waals surface area contributed by atoms with Crippen LogP contribution in [0.15, 0.2) is 0 Å². The van der Waals surface area contributed by atoms with Gasteiger partial charge in [0, 0.05) is 6.42 Å². The summed E-state index contributed by atoms with van der Waals surface area (Å²) in [6.45, 7) is -0.583. The van der Waals surface area contributed by atoms with Gasteiger partial charge in [0.1, 0.15) is 6.61 Å². The van der Waals surface area contributed by atoms with Gasteiger partial charge < -0.3 is 4.74 Å². The summed E-state index contributed by atoms with van der Waals surface area (Å²) < 4.78 is 75.5. The first-order valence-corrected chi connectivity index (χ1v) is 3.89. The smallest absolute Gasteiger partial charge is 0.314 e. The third kappa shape index (κ3) is 4.69. The van der Waals surface area contributed by atoms with E-state index in [9.17, 15) is 26.3 Å². The molecule has 0 fully saturated rings. The fraction of sp³-hybridized carbons (Fsp3) is 1.00. The van der Waals surface area contributed by atoms with Gasteiger partial charge in [0.05, 0.1) is 0 Å². The van der Waals surface area contributed by atoms with Crippen LogP contribution in [0, 0.1) is 0 Å². The first kappa shape index (κ1) is 13.5. The van der Waals surface area contributed by atoms with Crippen LogP contribution >= 0.6 is 0 Å². The van der Waals surface area contributed by atoms with Gasteiger partial charge in [0.25, 0.3) is 0 Å². The summed E-state index contributed by atoms with van der Waals surface area (Å²) in [4.78, 5) is 0. The summed E-state index contributed by atoms with van der Waals surface area (Å²) in [6.07, 6.45) is -8.54. The van der Waals surface area contributed by atoms with E-state index in [0.717, 1.165) is 0 Å². The highest BCUT2D eigenvalue weighted by atomic mass is 19.3. The van der Waals surface area contributed by atoms with E-state index in [2.05, 4.69) is 4.74 Å². The van der Waals surface area contributed by atoms with Crippen LogP contribution in [0.1, 0.15) is 19.8 Å². The van der Waals surface area contributed by atoms with Crippen molar-refractivity contribution in [2.45, 2.75) is 38.2 Å². The minimum Gasteiger partial charge on any atom is -0.314 e. The molecule has 0 heterocycles. The van der Waals surface area contributed by atoms with Crippen molar-refractivity contribution in [2.75, 3.05) is 6.61 Å². The first-order valence-electron chi connectivity index (χ1n) is 3.89. The average Bonchev–Trinajstić information content (AvgIpc) is 2.01. The summed E-state index contributed by atoms with van der Waals surface area (Å²) in [7, 11) is 0. The molecular weight excluding hydrogens is 214 g/mol. The highest BCUT2D eigenvalue weighted by molar-refractivity contribution is 4.69. The van der Waals surface area contributed by atoms with Crippen molar-refractivity contribution in [2.24, 2.45) is 0 Å². The lowest BCUT2D eigenvalue weighted by Crippen LogP contribution is -2.36. The molecule has 86 valence electrons. The maximum atomic E-state index is 12.4. The average molecular weight is 224 g/mol. The summed E-state index contributed by atoms with van der Waals surface area (Å²) in [6, 6.07) is 0. The molecule has 0 saturated carbocycles. The molecule has 0 aromatic rings. The monoisotopic (exact) mass is 224 g/mol. The number of alkyl halides is 6. The van der Waals surface area contributed by atoms with Gasteiger partial charge in [-0.3, -0.25) is 0 Å². The van der Waals surface area contributed by atoms with Crippen molar-refractivity contribution < 1.29 is 31.1 Å². The Morgan fingerprint density at radius 2 is 1.64 bits per heavy atom. The van der Waals surface area contributed by atoms with Gasteiger partial charge in [-0.1, -0.05) is 6.92 Å². The quantitative estimate of drug-likeness (QED) is 0.629. The molecule has 1 nitrogen and oxygen atoms in total. The minimum absolute atomic E-state index is 0.00719. The van der Waals surface area contributed by atoms with E-state index in [4.69, 9.17) is 0 Å². The standard InChI is InChI=1S/C7H10F6O/c1-2-3-7(12,13)14-4-6(10,11)5(8)9/h5H,2-4H2,1H3. The maximum Gasteiger partial charge on any atom is 0.355 e. The van der Waals surface area contributed by atoms with Gasteiger partial charge in [0.15, 0.2) is 0 Å². The van der Waals surface area contributed by atoms with Gasteiger partial charge in [0.2, 0.25) is 0 Å². The SMILES string of the molecule is CCCC(F)(F)OCC(F)(F)C(F)F. The summed E-state index contributed by atoms with van der Waals surface area (Å²) in [5, 5.41) is 0. The lowest BCUT2D eigenvalue weighted by atomic mass is 10.3. The zero-order chi connectivity index (χ0) is 11.4. The largest absolute Gasteiger partial charge is 0.355 e. The fourth-order valence-electron chi connectivity index (χ4n) is 0.628. The maximum absolute atomic E-state index is 12.4. The topological polar surface area (TPSA) is 9.23 Å². The Morgan fingerprint density at radius 1 is 1.14 bits per heavy atom. The van der Waals surface area contributed by atoms with Crippen LogP contribution in [-0.2, 0) is 4.74 Å². The van der Waals surface area contributed by atoms with E-state index in [-0.39, 0.29) is 6.42 Å². The lowest BCUT2D eigenvalue weighted by molar-refractivity contribution is -0.283. The van der Waals surface area contributed by atoms with Crippen molar-refractivity contribution in [1.82, 2.24) is 0 Å². The third-order valence-corrected chi connectivity index (χ3v) is 1.34. The minimum atomic E-state index is -4.53. The normalized spacial score (nSPS) is 13.7. The van der Waals surface area contributed by atoms with Crippen LogP contribution in [0.5, 0.6) is 0 Å². The van der Waals surface area contributed by atoms with Crippen molar-refractivity contribution in [3.8, 4) is 0 Å². The summed E-state index contributed by atoms with van der Waals surface area (Å²) in [5.74, 6) is -4.53. The van der Waals surface area contributed by atoms with Crippen LogP contribution in [0.4, 0.5) is 26.3 Å². The van der Waals surface area contributed by atoms with Gasteiger partial charge in [-0.05, 0) is 6.42 Å². The van der Waals surface area contributed by atoms with Crippen LogP contribution in [0.2, 0.25) is 0 Å². The van der Waals surface area contributed by atoms with Crippen molar-refractivity contribution in [1.29, 1.82) is 0 Å². The molecule has 0 aromatic heterocycles. The Morgan fingerprint density at radius 3 is 2.00 bits per heavy atom. The third-order valence-electron chi connectivity index (χ3n) is 1.34. The number of ether oxygens (including phenoxy) is 1. The predicted octanol–water partition coefficient (Wildman–Crippen LogP) is 3.30. The summed E-state index contributed by atoms with van der Waals surface area (Å²) in [5.41, 5.74) is 0. The molecule has 0 aliphatic heterocycles. The Labute approximate surface area is 77.0 Å². The van der Waals surface area contributed by atoms with Gasteiger partial charge in [-0.25, -0.2) is 8.78 Å². The molecule has 0 spiro atoms. The molecule has 0 N–H and O–H groups in total. The highest BCUT2D eigenvalue weighted by Crippen LogP contribution is 2.28. The molecule has 0 unspecified atom stereocenters. The number of hydrogen-bond acceptors (Lipinski definition) is 1. The van der Waals surface area contributed by atoms with Gasteiger partial charge in [-0.15, -0.1) is 0 Å². The second kappa shape index (κ2) is 4.86. The van der Waals surface area contributed by atoms with Crippen LogP contribution < -0.4 is 0 Å². The molecule has 0 amide bonds. The molecule has 0 bridgehead atoms. The molecule has 0 atom stereocenters. The zero-order valence-electron chi connectivity index (χ0n) is 7.37. The Bertz CT molecular complexity index is 170. The Balaban J connectivity index is 4.04. The molecule has 0 aliphatic rings. The van der Waals surface area contributed by atoms with E-state index in [1.54, 1.807) is 0 Å². The molecule has 0 saturated heterocycles. The lowest BCUT2D eigenvalue weighted by Gasteiger charge is -2.20. The van der Waals surface area contributed by atoms with Gasteiger partial charge >= 0.3 is 18.5 Å².